The monoisotopic (exact) mass is 280 g/mol. The molecule has 3 aliphatic rings. The van der Waals surface area contributed by atoms with Crippen molar-refractivity contribution in [1.29, 1.82) is 0 Å². The highest BCUT2D eigenvalue weighted by atomic mass is 16.5. The van der Waals surface area contributed by atoms with E-state index in [0.717, 1.165) is 43.0 Å². The summed E-state index contributed by atoms with van der Waals surface area (Å²) >= 11 is 0. The first-order valence-electron chi connectivity index (χ1n) is 8.76. The summed E-state index contributed by atoms with van der Waals surface area (Å²) < 4.78 is 5.28. The third-order valence-corrected chi connectivity index (χ3v) is 5.50. The number of rotatable bonds is 11. The van der Waals surface area contributed by atoms with Gasteiger partial charge in [-0.1, -0.05) is 0 Å². The second-order valence-electron chi connectivity index (χ2n) is 7.26. The van der Waals surface area contributed by atoms with Crippen LogP contribution in [0.1, 0.15) is 45.4 Å². The molecule has 116 valence electrons. The average molecular weight is 280 g/mol. The van der Waals surface area contributed by atoms with Gasteiger partial charge in [0.15, 0.2) is 0 Å². The van der Waals surface area contributed by atoms with E-state index in [-0.39, 0.29) is 0 Å². The van der Waals surface area contributed by atoms with E-state index in [1.54, 1.807) is 0 Å². The Morgan fingerprint density at radius 1 is 1.00 bits per heavy atom. The Hall–Kier alpha value is -0.120. The van der Waals surface area contributed by atoms with Gasteiger partial charge in [0, 0.05) is 38.8 Å². The summed E-state index contributed by atoms with van der Waals surface area (Å²) in [6.07, 6.45) is 8.76. The van der Waals surface area contributed by atoms with Crippen LogP contribution in [0.25, 0.3) is 0 Å². The molecule has 3 aliphatic carbocycles. The molecule has 0 aromatic carbocycles. The molecule has 0 saturated heterocycles. The molecule has 3 heteroatoms. The van der Waals surface area contributed by atoms with Gasteiger partial charge in [-0.3, -0.25) is 4.90 Å². The summed E-state index contributed by atoms with van der Waals surface area (Å²) in [5, 5.41) is 3.88. The van der Waals surface area contributed by atoms with Crippen molar-refractivity contribution in [3.63, 3.8) is 0 Å². The Labute approximate surface area is 124 Å². The van der Waals surface area contributed by atoms with E-state index in [2.05, 4.69) is 17.1 Å². The lowest BCUT2D eigenvalue weighted by molar-refractivity contribution is 0.116. The SMILES string of the molecule is COCCN(CCNC(C1CC1)C1CC1)C(C)C1CC1. The van der Waals surface area contributed by atoms with Crippen LogP contribution in [-0.4, -0.2) is 50.3 Å². The summed E-state index contributed by atoms with van der Waals surface area (Å²) in [7, 11) is 1.81. The molecule has 1 N–H and O–H groups in total. The van der Waals surface area contributed by atoms with E-state index in [9.17, 15) is 0 Å². The van der Waals surface area contributed by atoms with Crippen LogP contribution >= 0.6 is 0 Å². The Morgan fingerprint density at radius 2 is 1.60 bits per heavy atom. The number of hydrogen-bond donors (Lipinski definition) is 1. The predicted molar refractivity (Wildman–Crippen MR) is 82.9 cm³/mol. The molecule has 0 aromatic rings. The highest BCUT2D eigenvalue weighted by molar-refractivity contribution is 4.96. The molecule has 20 heavy (non-hydrogen) atoms. The van der Waals surface area contributed by atoms with Crippen molar-refractivity contribution in [3.8, 4) is 0 Å². The van der Waals surface area contributed by atoms with E-state index in [0.29, 0.717) is 0 Å². The third kappa shape index (κ3) is 4.19. The van der Waals surface area contributed by atoms with E-state index in [1.807, 2.05) is 7.11 Å². The van der Waals surface area contributed by atoms with Gasteiger partial charge >= 0.3 is 0 Å². The molecule has 0 aromatic heterocycles. The Balaban J connectivity index is 1.40. The van der Waals surface area contributed by atoms with Crippen LogP contribution in [0.3, 0.4) is 0 Å². The van der Waals surface area contributed by atoms with Crippen LogP contribution in [0, 0.1) is 17.8 Å². The molecule has 0 amide bonds. The van der Waals surface area contributed by atoms with Crippen molar-refractivity contribution in [2.75, 3.05) is 33.4 Å². The van der Waals surface area contributed by atoms with Crippen molar-refractivity contribution in [1.82, 2.24) is 10.2 Å². The number of nitrogens with zero attached hydrogens (tertiary/aromatic N) is 1. The molecule has 0 spiro atoms. The van der Waals surface area contributed by atoms with Crippen LogP contribution in [0.15, 0.2) is 0 Å². The van der Waals surface area contributed by atoms with Gasteiger partial charge in [-0.05, 0) is 63.2 Å². The first kappa shape index (κ1) is 14.8. The average Bonchev–Trinajstić information content (AvgIpc) is 3.32. The van der Waals surface area contributed by atoms with Gasteiger partial charge in [0.05, 0.1) is 6.61 Å². The first-order valence-corrected chi connectivity index (χ1v) is 8.76. The van der Waals surface area contributed by atoms with E-state index in [4.69, 9.17) is 4.74 Å². The van der Waals surface area contributed by atoms with Crippen LogP contribution in [0.5, 0.6) is 0 Å². The molecule has 3 saturated carbocycles. The standard InChI is InChI=1S/C17H32N2O/c1-13(14-3-4-14)19(11-12-20-2)10-9-18-17(15-5-6-15)16-7-8-16/h13-18H,3-12H2,1-2H3. The zero-order chi connectivity index (χ0) is 13.9. The zero-order valence-electron chi connectivity index (χ0n) is 13.3. The largest absolute Gasteiger partial charge is 0.383 e. The van der Waals surface area contributed by atoms with Crippen molar-refractivity contribution < 1.29 is 4.74 Å². The maximum Gasteiger partial charge on any atom is 0.0589 e. The fourth-order valence-electron chi connectivity index (χ4n) is 3.61. The van der Waals surface area contributed by atoms with Gasteiger partial charge in [0.2, 0.25) is 0 Å². The normalized spacial score (nSPS) is 24.6. The second-order valence-corrected chi connectivity index (χ2v) is 7.26. The topological polar surface area (TPSA) is 24.5 Å². The van der Waals surface area contributed by atoms with Crippen LogP contribution in [-0.2, 0) is 4.74 Å². The summed E-state index contributed by atoms with van der Waals surface area (Å²) in [5.74, 6) is 2.97. The molecule has 1 atom stereocenters. The lowest BCUT2D eigenvalue weighted by Crippen LogP contribution is -2.44. The summed E-state index contributed by atoms with van der Waals surface area (Å²) in [6, 6.07) is 1.59. The summed E-state index contributed by atoms with van der Waals surface area (Å²) in [4.78, 5) is 2.64. The second kappa shape index (κ2) is 6.76. The van der Waals surface area contributed by atoms with Gasteiger partial charge in [-0.15, -0.1) is 0 Å². The van der Waals surface area contributed by atoms with Crippen LogP contribution in [0.2, 0.25) is 0 Å². The van der Waals surface area contributed by atoms with Gasteiger partial charge in [-0.2, -0.15) is 0 Å². The molecular formula is C17H32N2O. The van der Waals surface area contributed by atoms with E-state index in [1.165, 1.54) is 51.6 Å². The molecule has 0 bridgehead atoms. The number of nitrogens with one attached hydrogen (secondary N) is 1. The number of ether oxygens (including phenoxy) is 1. The first-order chi connectivity index (χ1) is 9.79. The Bertz CT molecular complexity index is 285. The van der Waals surface area contributed by atoms with Crippen molar-refractivity contribution in [2.45, 2.75) is 57.5 Å². The molecule has 0 radical (unpaired) electrons. The highest BCUT2D eigenvalue weighted by Gasteiger charge is 2.41. The van der Waals surface area contributed by atoms with Gasteiger partial charge in [0.1, 0.15) is 0 Å². The molecular weight excluding hydrogens is 248 g/mol. The quantitative estimate of drug-likeness (QED) is 0.629. The van der Waals surface area contributed by atoms with Crippen molar-refractivity contribution in [3.05, 3.63) is 0 Å². The minimum atomic E-state index is 0.743. The molecule has 0 heterocycles. The minimum absolute atomic E-state index is 0.743. The van der Waals surface area contributed by atoms with Gasteiger partial charge in [0.25, 0.3) is 0 Å². The van der Waals surface area contributed by atoms with Gasteiger partial charge in [-0.25, -0.2) is 0 Å². The Morgan fingerprint density at radius 3 is 2.10 bits per heavy atom. The van der Waals surface area contributed by atoms with E-state index < -0.39 is 0 Å². The van der Waals surface area contributed by atoms with Crippen LogP contribution < -0.4 is 5.32 Å². The zero-order valence-corrected chi connectivity index (χ0v) is 13.3. The highest BCUT2D eigenvalue weighted by Crippen LogP contribution is 2.44. The molecule has 1 unspecified atom stereocenters. The van der Waals surface area contributed by atoms with Crippen LogP contribution in [0.4, 0.5) is 0 Å². The van der Waals surface area contributed by atoms with Crippen molar-refractivity contribution >= 4 is 0 Å². The molecule has 3 fully saturated rings. The fourth-order valence-corrected chi connectivity index (χ4v) is 3.61. The number of methoxy groups -OCH3 is 1. The molecule has 3 rings (SSSR count). The maximum atomic E-state index is 5.28. The predicted octanol–water partition coefficient (Wildman–Crippen LogP) is 2.51. The smallest absolute Gasteiger partial charge is 0.0589 e. The molecule has 0 aliphatic heterocycles. The minimum Gasteiger partial charge on any atom is -0.383 e. The van der Waals surface area contributed by atoms with Crippen molar-refractivity contribution in [2.24, 2.45) is 17.8 Å². The number of hydrogen-bond acceptors (Lipinski definition) is 3. The fraction of sp³-hybridized carbons (Fsp3) is 1.00. The molecule has 3 nitrogen and oxygen atoms in total. The lowest BCUT2D eigenvalue weighted by atomic mass is 10.1. The Kier molecular flexibility index (Phi) is 5.00. The lowest BCUT2D eigenvalue weighted by Gasteiger charge is -2.30. The maximum absolute atomic E-state index is 5.28. The summed E-state index contributed by atoms with van der Waals surface area (Å²) in [5.41, 5.74) is 0. The third-order valence-electron chi connectivity index (χ3n) is 5.50. The summed E-state index contributed by atoms with van der Waals surface area (Å²) in [6.45, 7) is 6.72. The van der Waals surface area contributed by atoms with Gasteiger partial charge < -0.3 is 10.1 Å². The van der Waals surface area contributed by atoms with E-state index >= 15 is 0 Å².